The molecule has 0 unspecified atom stereocenters. The van der Waals surface area contributed by atoms with Gasteiger partial charge >= 0.3 is 0 Å². The van der Waals surface area contributed by atoms with E-state index in [0.29, 0.717) is 16.7 Å². The lowest BCUT2D eigenvalue weighted by Crippen LogP contribution is -2.11. The molecule has 0 saturated carbocycles. The molecule has 0 N–H and O–H groups in total. The summed E-state index contributed by atoms with van der Waals surface area (Å²) in [6.45, 7) is 6.11. The SMILES string of the molecule is CC(C)(C)c1ccc(C#Cc2c(F)c(F)c(I)c(F)c2F)c(C#Cc2cccnc2)c1. The second-order valence-corrected chi connectivity index (χ2v) is 8.78. The fourth-order valence-corrected chi connectivity index (χ4v) is 3.12. The van der Waals surface area contributed by atoms with Gasteiger partial charge in [-0.15, -0.1) is 0 Å². The van der Waals surface area contributed by atoms with Crippen molar-refractivity contribution in [2.24, 2.45) is 0 Å². The fraction of sp³-hybridized carbons (Fsp3) is 0.160. The first-order valence-corrected chi connectivity index (χ1v) is 10.3. The van der Waals surface area contributed by atoms with Crippen molar-refractivity contribution < 1.29 is 17.6 Å². The first kappa shape index (κ1) is 22.8. The molecule has 0 bridgehead atoms. The molecule has 0 fully saturated rings. The van der Waals surface area contributed by atoms with Crippen LogP contribution in [-0.4, -0.2) is 4.98 Å². The number of pyridine rings is 1. The summed E-state index contributed by atoms with van der Waals surface area (Å²) in [5.74, 6) is 4.86. The van der Waals surface area contributed by atoms with Crippen LogP contribution < -0.4 is 0 Å². The monoisotopic (exact) mass is 533 g/mol. The van der Waals surface area contributed by atoms with Gasteiger partial charge in [-0.2, -0.15) is 0 Å². The van der Waals surface area contributed by atoms with Crippen molar-refractivity contribution in [1.29, 1.82) is 0 Å². The van der Waals surface area contributed by atoms with Crippen molar-refractivity contribution in [3.05, 3.63) is 97.4 Å². The minimum atomic E-state index is -1.52. The van der Waals surface area contributed by atoms with Crippen LogP contribution in [-0.2, 0) is 5.41 Å². The van der Waals surface area contributed by atoms with Gasteiger partial charge in [0.1, 0.15) is 5.56 Å². The van der Waals surface area contributed by atoms with E-state index in [4.69, 9.17) is 0 Å². The van der Waals surface area contributed by atoms with Crippen LogP contribution in [0.2, 0.25) is 0 Å². The number of benzene rings is 2. The summed E-state index contributed by atoms with van der Waals surface area (Å²) in [4.78, 5) is 4.01. The molecule has 3 aromatic rings. The molecule has 2 aromatic carbocycles. The van der Waals surface area contributed by atoms with Gasteiger partial charge in [-0.3, -0.25) is 4.98 Å². The molecule has 0 amide bonds. The van der Waals surface area contributed by atoms with Crippen LogP contribution in [0.1, 0.15) is 48.6 Å². The normalized spacial score (nSPS) is 10.7. The maximum absolute atomic E-state index is 14.2. The van der Waals surface area contributed by atoms with Gasteiger partial charge in [0.15, 0.2) is 23.3 Å². The molecule has 0 saturated heterocycles. The summed E-state index contributed by atoms with van der Waals surface area (Å²) in [5.41, 5.74) is 1.44. The van der Waals surface area contributed by atoms with Gasteiger partial charge in [0, 0.05) is 29.1 Å². The molecule has 156 valence electrons. The Balaban J connectivity index is 2.15. The van der Waals surface area contributed by atoms with E-state index in [1.807, 2.05) is 32.9 Å². The second kappa shape index (κ2) is 9.11. The molecular weight excluding hydrogens is 517 g/mol. The molecule has 0 aliphatic carbocycles. The van der Waals surface area contributed by atoms with E-state index in [1.165, 1.54) is 22.6 Å². The van der Waals surface area contributed by atoms with E-state index in [0.717, 1.165) is 5.56 Å². The Morgan fingerprint density at radius 2 is 1.45 bits per heavy atom. The number of halogens is 5. The second-order valence-electron chi connectivity index (χ2n) is 7.70. The third kappa shape index (κ3) is 5.08. The van der Waals surface area contributed by atoms with Gasteiger partial charge in [0.2, 0.25) is 0 Å². The molecule has 1 nitrogen and oxygen atoms in total. The van der Waals surface area contributed by atoms with Crippen molar-refractivity contribution in [1.82, 2.24) is 4.98 Å². The summed E-state index contributed by atoms with van der Waals surface area (Å²) >= 11 is 1.21. The van der Waals surface area contributed by atoms with E-state index in [-0.39, 0.29) is 5.41 Å². The van der Waals surface area contributed by atoms with Crippen LogP contribution in [0.5, 0.6) is 0 Å². The van der Waals surface area contributed by atoms with Crippen LogP contribution in [0.25, 0.3) is 0 Å². The highest BCUT2D eigenvalue weighted by Crippen LogP contribution is 2.26. The molecular formula is C25H16F4IN. The van der Waals surface area contributed by atoms with Crippen molar-refractivity contribution in [3.8, 4) is 23.7 Å². The molecule has 3 rings (SSSR count). The zero-order chi connectivity index (χ0) is 22.8. The van der Waals surface area contributed by atoms with Crippen molar-refractivity contribution >= 4 is 22.6 Å². The van der Waals surface area contributed by atoms with E-state index in [2.05, 4.69) is 28.7 Å². The molecule has 1 aromatic heterocycles. The van der Waals surface area contributed by atoms with Crippen LogP contribution in [0.3, 0.4) is 0 Å². The largest absolute Gasteiger partial charge is 0.263 e. The molecule has 0 aliphatic heterocycles. The van der Waals surface area contributed by atoms with E-state index >= 15 is 0 Å². The van der Waals surface area contributed by atoms with Crippen molar-refractivity contribution in [3.63, 3.8) is 0 Å². The zero-order valence-electron chi connectivity index (χ0n) is 16.9. The van der Waals surface area contributed by atoms with Crippen LogP contribution >= 0.6 is 22.6 Å². The topological polar surface area (TPSA) is 12.9 Å². The molecule has 0 aliphatic rings. The third-order valence-corrected chi connectivity index (χ3v) is 5.37. The molecule has 0 spiro atoms. The third-order valence-electron chi connectivity index (χ3n) is 4.42. The summed E-state index contributed by atoms with van der Waals surface area (Å²) in [5, 5.41) is 0. The minimum absolute atomic E-state index is 0.169. The van der Waals surface area contributed by atoms with E-state index in [1.54, 1.807) is 30.6 Å². The maximum Gasteiger partial charge on any atom is 0.178 e. The molecule has 0 atom stereocenters. The van der Waals surface area contributed by atoms with Crippen LogP contribution in [0, 0.1) is 50.5 Å². The zero-order valence-corrected chi connectivity index (χ0v) is 19.0. The molecule has 0 radical (unpaired) electrons. The van der Waals surface area contributed by atoms with Gasteiger partial charge < -0.3 is 0 Å². The Bertz CT molecular complexity index is 1240. The summed E-state index contributed by atoms with van der Waals surface area (Å²) in [7, 11) is 0. The van der Waals surface area contributed by atoms with Crippen molar-refractivity contribution in [2.45, 2.75) is 26.2 Å². The van der Waals surface area contributed by atoms with Gasteiger partial charge in [-0.1, -0.05) is 50.5 Å². The standard InChI is InChI=1S/C25H16F4IN/c1-25(2,3)18-10-8-16(17(13-18)7-6-15-5-4-12-31-14-15)9-11-19-20(26)22(28)24(30)23(29)21(19)27/h4-5,8,10,12-14H,1-3H3. The number of rotatable bonds is 0. The lowest BCUT2D eigenvalue weighted by Gasteiger charge is -2.19. The van der Waals surface area contributed by atoms with Crippen molar-refractivity contribution in [2.75, 3.05) is 0 Å². The Morgan fingerprint density at radius 1 is 0.806 bits per heavy atom. The summed E-state index contributed by atoms with van der Waals surface area (Å²) in [6, 6.07) is 8.90. The first-order valence-electron chi connectivity index (χ1n) is 9.19. The van der Waals surface area contributed by atoms with Gasteiger partial charge in [-0.25, -0.2) is 17.6 Å². The quantitative estimate of drug-likeness (QED) is 0.108. The highest BCUT2D eigenvalue weighted by atomic mass is 127. The molecule has 6 heteroatoms. The lowest BCUT2D eigenvalue weighted by molar-refractivity contribution is 0.442. The molecule has 31 heavy (non-hydrogen) atoms. The number of hydrogen-bond donors (Lipinski definition) is 0. The van der Waals surface area contributed by atoms with Gasteiger partial charge in [-0.05, 0) is 57.8 Å². The molecule has 1 heterocycles. The Morgan fingerprint density at radius 3 is 2.03 bits per heavy atom. The first-order chi connectivity index (χ1) is 14.6. The average molecular weight is 533 g/mol. The predicted molar refractivity (Wildman–Crippen MR) is 120 cm³/mol. The van der Waals surface area contributed by atoms with Crippen LogP contribution in [0.4, 0.5) is 17.6 Å². The van der Waals surface area contributed by atoms with Gasteiger partial charge in [0.25, 0.3) is 0 Å². The summed E-state index contributed by atoms with van der Waals surface area (Å²) in [6.07, 6.45) is 3.23. The Kier molecular flexibility index (Phi) is 6.71. The lowest BCUT2D eigenvalue weighted by atomic mass is 9.85. The number of nitrogens with zero attached hydrogens (tertiary/aromatic N) is 1. The Labute approximate surface area is 192 Å². The predicted octanol–water partition coefficient (Wildman–Crippen LogP) is 6.34. The van der Waals surface area contributed by atoms with E-state index < -0.39 is 32.4 Å². The summed E-state index contributed by atoms with van der Waals surface area (Å²) < 4.78 is 55.3. The number of aromatic nitrogens is 1. The maximum atomic E-state index is 14.2. The smallest absolute Gasteiger partial charge is 0.178 e. The minimum Gasteiger partial charge on any atom is -0.263 e. The van der Waals surface area contributed by atoms with Gasteiger partial charge in [0.05, 0.1) is 3.57 Å². The highest BCUT2D eigenvalue weighted by Gasteiger charge is 2.23. The Hall–Kier alpha value is -2.84. The number of hydrogen-bond acceptors (Lipinski definition) is 1. The fourth-order valence-electron chi connectivity index (χ4n) is 2.64. The average Bonchev–Trinajstić information content (AvgIpc) is 2.75. The van der Waals surface area contributed by atoms with E-state index in [9.17, 15) is 17.6 Å². The highest BCUT2D eigenvalue weighted by molar-refractivity contribution is 14.1. The van der Waals surface area contributed by atoms with Crippen LogP contribution in [0.15, 0.2) is 42.7 Å².